The minimum atomic E-state index is -4.49. The first-order valence-electron chi connectivity index (χ1n) is 6.31. The molecule has 0 aromatic carbocycles. The van der Waals surface area contributed by atoms with Crippen LogP contribution >= 0.6 is 0 Å². The van der Waals surface area contributed by atoms with Gasteiger partial charge < -0.3 is 10.4 Å². The lowest BCUT2D eigenvalue weighted by atomic mass is 9.83. The lowest BCUT2D eigenvalue weighted by Crippen LogP contribution is -2.52. The predicted molar refractivity (Wildman–Crippen MR) is 68.1 cm³/mol. The van der Waals surface area contributed by atoms with Gasteiger partial charge in [-0.3, -0.25) is 9.59 Å². The maximum absolute atomic E-state index is 12.7. The molecule has 0 aromatic heterocycles. The van der Waals surface area contributed by atoms with Crippen molar-refractivity contribution < 1.29 is 27.9 Å². The third kappa shape index (κ3) is 5.02. The number of hydrogen-bond donors (Lipinski definition) is 2. The number of carboxylic acid groups (broad SMARTS) is 1. The highest BCUT2D eigenvalue weighted by Gasteiger charge is 2.49. The zero-order valence-corrected chi connectivity index (χ0v) is 12.4. The number of aliphatic carboxylic acids is 1. The third-order valence-electron chi connectivity index (χ3n) is 3.59. The Hall–Kier alpha value is -1.27. The molecule has 0 saturated heterocycles. The molecule has 4 nitrogen and oxygen atoms in total. The standard InChI is InChI=1S/C13H22F3NO3/c1-8(2)12(5,7-10(19)20)17-9(18)6-11(3,4)13(14,15)16/h8H,6-7H2,1-5H3,(H,17,18)(H,19,20). The molecule has 0 heterocycles. The van der Waals surface area contributed by atoms with Crippen molar-refractivity contribution in [1.82, 2.24) is 5.32 Å². The molecule has 118 valence electrons. The molecular weight excluding hydrogens is 275 g/mol. The van der Waals surface area contributed by atoms with Crippen LogP contribution in [0.2, 0.25) is 0 Å². The molecule has 0 bridgehead atoms. The fraction of sp³-hybridized carbons (Fsp3) is 0.846. The highest BCUT2D eigenvalue weighted by molar-refractivity contribution is 5.79. The zero-order chi connectivity index (χ0) is 16.4. The number of carboxylic acids is 1. The van der Waals surface area contributed by atoms with Gasteiger partial charge in [-0.15, -0.1) is 0 Å². The summed E-state index contributed by atoms with van der Waals surface area (Å²) in [6.07, 6.45) is -5.58. The Bertz CT molecular complexity index is 378. The molecule has 0 spiro atoms. The van der Waals surface area contributed by atoms with Gasteiger partial charge in [0.05, 0.1) is 11.8 Å². The van der Waals surface area contributed by atoms with Crippen LogP contribution in [-0.4, -0.2) is 28.7 Å². The van der Waals surface area contributed by atoms with Gasteiger partial charge in [0.15, 0.2) is 0 Å². The third-order valence-corrected chi connectivity index (χ3v) is 3.59. The Kier molecular flexibility index (Phi) is 5.63. The molecule has 0 aliphatic carbocycles. The molecule has 0 aliphatic rings. The number of carbonyl (C=O) groups excluding carboxylic acids is 1. The average molecular weight is 297 g/mol. The summed E-state index contributed by atoms with van der Waals surface area (Å²) in [6, 6.07) is 0. The Balaban J connectivity index is 4.93. The fourth-order valence-electron chi connectivity index (χ4n) is 1.57. The molecule has 0 aliphatic heterocycles. The number of halogens is 3. The lowest BCUT2D eigenvalue weighted by Gasteiger charge is -2.35. The molecule has 0 fully saturated rings. The highest BCUT2D eigenvalue weighted by atomic mass is 19.4. The van der Waals surface area contributed by atoms with E-state index in [0.29, 0.717) is 0 Å². The zero-order valence-electron chi connectivity index (χ0n) is 12.4. The minimum absolute atomic E-state index is 0.225. The van der Waals surface area contributed by atoms with Crippen LogP contribution < -0.4 is 5.32 Å². The molecule has 1 unspecified atom stereocenters. The van der Waals surface area contributed by atoms with E-state index >= 15 is 0 Å². The van der Waals surface area contributed by atoms with E-state index in [1.54, 1.807) is 13.8 Å². The van der Waals surface area contributed by atoms with Crippen molar-refractivity contribution in [2.24, 2.45) is 11.3 Å². The van der Waals surface area contributed by atoms with E-state index in [0.717, 1.165) is 13.8 Å². The van der Waals surface area contributed by atoms with E-state index in [9.17, 15) is 22.8 Å². The SMILES string of the molecule is CC(C)C(C)(CC(=O)O)NC(=O)CC(C)(C)C(F)(F)F. The number of amides is 1. The summed E-state index contributed by atoms with van der Waals surface area (Å²) in [5.74, 6) is -2.14. The summed E-state index contributed by atoms with van der Waals surface area (Å²) in [5.41, 5.74) is -3.23. The van der Waals surface area contributed by atoms with Gasteiger partial charge in [-0.25, -0.2) is 0 Å². The van der Waals surface area contributed by atoms with Crippen LogP contribution in [0.1, 0.15) is 47.5 Å². The van der Waals surface area contributed by atoms with E-state index in [4.69, 9.17) is 5.11 Å². The predicted octanol–water partition coefficient (Wildman–Crippen LogP) is 2.97. The first kappa shape index (κ1) is 18.7. The molecular formula is C13H22F3NO3. The van der Waals surface area contributed by atoms with Crippen LogP contribution in [0.4, 0.5) is 13.2 Å². The monoisotopic (exact) mass is 297 g/mol. The van der Waals surface area contributed by atoms with Gasteiger partial charge in [-0.2, -0.15) is 13.2 Å². The van der Waals surface area contributed by atoms with E-state index in [1.807, 2.05) is 0 Å². The molecule has 0 radical (unpaired) electrons. The molecule has 0 aromatic rings. The quantitative estimate of drug-likeness (QED) is 0.792. The molecule has 7 heteroatoms. The van der Waals surface area contributed by atoms with Crippen molar-refractivity contribution in [2.75, 3.05) is 0 Å². The molecule has 2 N–H and O–H groups in total. The largest absolute Gasteiger partial charge is 0.481 e. The van der Waals surface area contributed by atoms with Crippen molar-refractivity contribution >= 4 is 11.9 Å². The van der Waals surface area contributed by atoms with Crippen molar-refractivity contribution in [3.63, 3.8) is 0 Å². The summed E-state index contributed by atoms with van der Waals surface area (Å²) in [6.45, 7) is 6.81. The number of nitrogens with one attached hydrogen (secondary N) is 1. The van der Waals surface area contributed by atoms with E-state index in [2.05, 4.69) is 5.32 Å². The summed E-state index contributed by atoms with van der Waals surface area (Å²) in [4.78, 5) is 22.6. The van der Waals surface area contributed by atoms with Gasteiger partial charge in [0.2, 0.25) is 5.91 Å². The van der Waals surface area contributed by atoms with E-state index < -0.39 is 35.4 Å². The highest BCUT2D eigenvalue weighted by Crippen LogP contribution is 2.40. The van der Waals surface area contributed by atoms with Gasteiger partial charge in [0.25, 0.3) is 0 Å². The molecule has 20 heavy (non-hydrogen) atoms. The van der Waals surface area contributed by atoms with Crippen LogP contribution in [0.5, 0.6) is 0 Å². The Morgan fingerprint density at radius 3 is 1.85 bits per heavy atom. The molecule has 1 amide bonds. The number of hydrogen-bond acceptors (Lipinski definition) is 2. The topological polar surface area (TPSA) is 66.4 Å². The second-order valence-corrected chi connectivity index (χ2v) is 6.25. The Labute approximate surface area is 116 Å². The first-order valence-corrected chi connectivity index (χ1v) is 6.31. The molecule has 0 saturated carbocycles. The van der Waals surface area contributed by atoms with Crippen LogP contribution in [0.25, 0.3) is 0 Å². The molecule has 1 atom stereocenters. The number of rotatable bonds is 6. The van der Waals surface area contributed by atoms with Gasteiger partial charge in [0, 0.05) is 12.0 Å². The van der Waals surface area contributed by atoms with Crippen molar-refractivity contribution in [3.05, 3.63) is 0 Å². The van der Waals surface area contributed by atoms with E-state index in [1.165, 1.54) is 6.92 Å². The maximum Gasteiger partial charge on any atom is 0.394 e. The van der Waals surface area contributed by atoms with E-state index in [-0.39, 0.29) is 12.3 Å². The first-order chi connectivity index (χ1) is 8.71. The summed E-state index contributed by atoms with van der Waals surface area (Å²) in [5, 5.41) is 11.3. The lowest BCUT2D eigenvalue weighted by molar-refractivity contribution is -0.214. The van der Waals surface area contributed by atoms with Crippen LogP contribution in [-0.2, 0) is 9.59 Å². The van der Waals surface area contributed by atoms with Gasteiger partial charge >= 0.3 is 12.1 Å². The fourth-order valence-corrected chi connectivity index (χ4v) is 1.57. The van der Waals surface area contributed by atoms with Gasteiger partial charge in [-0.1, -0.05) is 27.7 Å². The van der Waals surface area contributed by atoms with Gasteiger partial charge in [0.1, 0.15) is 0 Å². The maximum atomic E-state index is 12.7. The summed E-state index contributed by atoms with van der Waals surface area (Å²) >= 11 is 0. The number of alkyl halides is 3. The molecule has 0 rings (SSSR count). The van der Waals surface area contributed by atoms with Crippen molar-refractivity contribution in [3.8, 4) is 0 Å². The normalized spacial score (nSPS) is 15.8. The Morgan fingerprint density at radius 1 is 1.10 bits per heavy atom. The Morgan fingerprint density at radius 2 is 1.55 bits per heavy atom. The van der Waals surface area contributed by atoms with Crippen LogP contribution in [0.3, 0.4) is 0 Å². The second-order valence-electron chi connectivity index (χ2n) is 6.25. The van der Waals surface area contributed by atoms with Crippen molar-refractivity contribution in [1.29, 1.82) is 0 Å². The van der Waals surface area contributed by atoms with Gasteiger partial charge in [-0.05, 0) is 12.8 Å². The van der Waals surface area contributed by atoms with Crippen molar-refractivity contribution in [2.45, 2.75) is 59.2 Å². The van der Waals surface area contributed by atoms with Crippen LogP contribution in [0, 0.1) is 11.3 Å². The second kappa shape index (κ2) is 6.01. The summed E-state index contributed by atoms with van der Waals surface area (Å²) in [7, 11) is 0. The number of carbonyl (C=O) groups is 2. The minimum Gasteiger partial charge on any atom is -0.481 e. The summed E-state index contributed by atoms with van der Waals surface area (Å²) < 4.78 is 38.2. The average Bonchev–Trinajstić information content (AvgIpc) is 2.11. The smallest absolute Gasteiger partial charge is 0.394 e. The van der Waals surface area contributed by atoms with Crippen LogP contribution in [0.15, 0.2) is 0 Å².